The molecule has 3 rings (SSSR count). The number of carbonyl (C=O) groups excluding carboxylic acids is 3. The number of hydrogen-bond donors (Lipinski definition) is 2. The van der Waals surface area contributed by atoms with Gasteiger partial charge in [-0.2, -0.15) is 11.3 Å². The summed E-state index contributed by atoms with van der Waals surface area (Å²) in [6, 6.07) is 1.77. The summed E-state index contributed by atoms with van der Waals surface area (Å²) in [5.74, 6) is -0.834. The third kappa shape index (κ3) is 5.34. The molecule has 8 nitrogen and oxygen atoms in total. The second kappa shape index (κ2) is 9.07. The Bertz CT molecular complexity index is 819. The molecule has 2 aromatic heterocycles. The van der Waals surface area contributed by atoms with Crippen molar-refractivity contribution in [3.05, 3.63) is 33.0 Å². The molecule has 0 fully saturated rings. The van der Waals surface area contributed by atoms with E-state index in [0.717, 1.165) is 10.6 Å². The molecule has 0 aromatic carbocycles. The fourth-order valence-corrected chi connectivity index (χ4v) is 4.32. The van der Waals surface area contributed by atoms with Crippen LogP contribution in [0.1, 0.15) is 27.9 Å². The van der Waals surface area contributed by atoms with Crippen LogP contribution in [0.2, 0.25) is 0 Å². The van der Waals surface area contributed by atoms with Gasteiger partial charge in [0.15, 0.2) is 5.13 Å². The van der Waals surface area contributed by atoms with Crippen LogP contribution < -0.4 is 10.6 Å². The van der Waals surface area contributed by atoms with E-state index in [2.05, 4.69) is 15.6 Å². The minimum atomic E-state index is -0.444. The van der Waals surface area contributed by atoms with Gasteiger partial charge in [-0.05, 0) is 18.4 Å². The topological polar surface area (TPSA) is 101 Å². The van der Waals surface area contributed by atoms with Crippen LogP contribution in [0.4, 0.5) is 5.13 Å². The van der Waals surface area contributed by atoms with Crippen molar-refractivity contribution in [1.29, 1.82) is 0 Å². The third-order valence-electron chi connectivity index (χ3n) is 3.92. The van der Waals surface area contributed by atoms with Gasteiger partial charge in [-0.3, -0.25) is 24.6 Å². The molecule has 0 unspecified atom stereocenters. The van der Waals surface area contributed by atoms with E-state index in [-0.39, 0.29) is 24.9 Å². The molecule has 2 aromatic rings. The molecule has 1 aliphatic heterocycles. The normalized spacial score (nSPS) is 13.7. The second-order valence-electron chi connectivity index (χ2n) is 5.90. The summed E-state index contributed by atoms with van der Waals surface area (Å²) in [4.78, 5) is 42.9. The maximum absolute atomic E-state index is 12.1. The van der Waals surface area contributed by atoms with E-state index >= 15 is 0 Å². The molecule has 0 aliphatic carbocycles. The van der Waals surface area contributed by atoms with Gasteiger partial charge in [0.05, 0.1) is 24.4 Å². The Labute approximate surface area is 164 Å². The first kappa shape index (κ1) is 19.5. The number of thiazole rings is 1. The van der Waals surface area contributed by atoms with Crippen LogP contribution in [0.25, 0.3) is 0 Å². The lowest BCUT2D eigenvalue weighted by molar-refractivity contribution is -0.143. The van der Waals surface area contributed by atoms with Gasteiger partial charge in [0, 0.05) is 29.8 Å². The number of aromatic nitrogens is 1. The first-order chi connectivity index (χ1) is 13.0. The predicted octanol–water partition coefficient (Wildman–Crippen LogP) is 1.49. The van der Waals surface area contributed by atoms with Crippen molar-refractivity contribution < 1.29 is 19.1 Å². The molecule has 0 spiro atoms. The van der Waals surface area contributed by atoms with E-state index < -0.39 is 5.97 Å². The van der Waals surface area contributed by atoms with Gasteiger partial charge in [0.25, 0.3) is 5.91 Å². The molecule has 144 valence electrons. The highest BCUT2D eigenvalue weighted by atomic mass is 32.1. The molecule has 2 amide bonds. The van der Waals surface area contributed by atoms with Gasteiger partial charge < -0.3 is 10.1 Å². The Morgan fingerprint density at radius 3 is 2.96 bits per heavy atom. The second-order valence-corrected chi connectivity index (χ2v) is 7.76. The largest absolute Gasteiger partial charge is 0.465 e. The third-order valence-corrected chi connectivity index (χ3v) is 5.60. The van der Waals surface area contributed by atoms with Crippen molar-refractivity contribution >= 4 is 45.6 Å². The average molecular weight is 409 g/mol. The van der Waals surface area contributed by atoms with Gasteiger partial charge in [0.2, 0.25) is 5.91 Å². The van der Waals surface area contributed by atoms with E-state index in [9.17, 15) is 14.4 Å². The maximum Gasteiger partial charge on any atom is 0.325 e. The number of ether oxygens (including phenoxy) is 1. The van der Waals surface area contributed by atoms with Crippen LogP contribution in [-0.4, -0.2) is 53.9 Å². The molecule has 2 N–H and O–H groups in total. The predicted molar refractivity (Wildman–Crippen MR) is 103 cm³/mol. The summed E-state index contributed by atoms with van der Waals surface area (Å²) >= 11 is 2.90. The van der Waals surface area contributed by atoms with E-state index in [0.29, 0.717) is 36.8 Å². The number of fused-ring (bicyclic) bond motifs is 1. The lowest BCUT2D eigenvalue weighted by Gasteiger charge is -2.24. The lowest BCUT2D eigenvalue weighted by atomic mass is 10.2. The number of thiophene rings is 1. The Balaban J connectivity index is 1.51. The Kier molecular flexibility index (Phi) is 6.54. The number of esters is 1. The highest BCUT2D eigenvalue weighted by Crippen LogP contribution is 2.28. The summed E-state index contributed by atoms with van der Waals surface area (Å²) in [5, 5.41) is 9.61. The zero-order valence-corrected chi connectivity index (χ0v) is 16.5. The first-order valence-electron chi connectivity index (χ1n) is 8.52. The zero-order valence-electron chi connectivity index (χ0n) is 14.8. The van der Waals surface area contributed by atoms with Gasteiger partial charge in [-0.15, -0.1) is 11.3 Å². The maximum atomic E-state index is 12.1. The van der Waals surface area contributed by atoms with Crippen molar-refractivity contribution in [2.75, 3.05) is 31.6 Å². The fourth-order valence-electron chi connectivity index (χ4n) is 2.64. The van der Waals surface area contributed by atoms with Crippen molar-refractivity contribution in [3.8, 4) is 0 Å². The van der Waals surface area contributed by atoms with Crippen molar-refractivity contribution in [3.63, 3.8) is 0 Å². The smallest absolute Gasteiger partial charge is 0.325 e. The Morgan fingerprint density at radius 1 is 1.37 bits per heavy atom. The van der Waals surface area contributed by atoms with Crippen LogP contribution in [-0.2, 0) is 27.3 Å². The van der Waals surface area contributed by atoms with Gasteiger partial charge >= 0.3 is 5.97 Å². The molecule has 3 heterocycles. The molecule has 27 heavy (non-hydrogen) atoms. The van der Waals surface area contributed by atoms with Crippen LogP contribution >= 0.6 is 22.7 Å². The van der Waals surface area contributed by atoms with E-state index in [1.54, 1.807) is 18.4 Å². The lowest BCUT2D eigenvalue weighted by Crippen LogP contribution is -2.41. The molecule has 0 atom stereocenters. The quantitative estimate of drug-likeness (QED) is 0.674. The van der Waals surface area contributed by atoms with Crippen molar-refractivity contribution in [2.45, 2.75) is 19.9 Å². The summed E-state index contributed by atoms with van der Waals surface area (Å²) < 4.78 is 4.78. The zero-order chi connectivity index (χ0) is 19.2. The van der Waals surface area contributed by atoms with Gasteiger partial charge in [-0.1, -0.05) is 0 Å². The number of anilines is 1. The average Bonchev–Trinajstić information content (AvgIpc) is 3.29. The number of carbonyl (C=O) groups is 3. The Hall–Kier alpha value is -2.30. The molecule has 0 radical (unpaired) electrons. The standard InChI is InChI=1S/C17H20N4O4S2/c1-2-25-15(23)7-18-14(22)9-21-5-3-12-13(8-21)27-17(19-12)20-16(24)11-4-6-26-10-11/h4,6,10H,2-3,5,7-9H2,1H3,(H,18,22)(H,19,20,24). The van der Waals surface area contributed by atoms with E-state index in [1.807, 2.05) is 10.3 Å². The summed E-state index contributed by atoms with van der Waals surface area (Å²) in [6.45, 7) is 3.38. The molecule has 10 heteroatoms. The van der Waals surface area contributed by atoms with Crippen molar-refractivity contribution in [1.82, 2.24) is 15.2 Å². The van der Waals surface area contributed by atoms with Crippen LogP contribution in [0.5, 0.6) is 0 Å². The van der Waals surface area contributed by atoms with Crippen molar-refractivity contribution in [2.24, 2.45) is 0 Å². The molecule has 1 aliphatic rings. The van der Waals surface area contributed by atoms with Gasteiger partial charge in [0.1, 0.15) is 6.54 Å². The van der Waals surface area contributed by atoms with Crippen LogP contribution in [0.3, 0.4) is 0 Å². The van der Waals surface area contributed by atoms with E-state index in [4.69, 9.17) is 4.74 Å². The summed E-state index contributed by atoms with van der Waals surface area (Å²) in [5.41, 5.74) is 1.58. The minimum Gasteiger partial charge on any atom is -0.465 e. The molecule has 0 saturated heterocycles. The summed E-state index contributed by atoms with van der Waals surface area (Å²) in [7, 11) is 0. The Morgan fingerprint density at radius 2 is 2.22 bits per heavy atom. The molecular weight excluding hydrogens is 388 g/mol. The first-order valence-corrected chi connectivity index (χ1v) is 10.3. The van der Waals surface area contributed by atoms with E-state index in [1.165, 1.54) is 22.7 Å². The SMILES string of the molecule is CCOC(=O)CNC(=O)CN1CCc2nc(NC(=O)c3ccsc3)sc2C1. The highest BCUT2D eigenvalue weighted by molar-refractivity contribution is 7.16. The minimum absolute atomic E-state index is 0.120. The molecule has 0 bridgehead atoms. The molecule has 0 saturated carbocycles. The number of nitrogens with zero attached hydrogens (tertiary/aromatic N) is 2. The highest BCUT2D eigenvalue weighted by Gasteiger charge is 2.23. The number of hydrogen-bond acceptors (Lipinski definition) is 8. The van der Waals surface area contributed by atoms with Crippen LogP contribution in [0.15, 0.2) is 16.8 Å². The fraction of sp³-hybridized carbons (Fsp3) is 0.412. The summed E-state index contributed by atoms with van der Waals surface area (Å²) in [6.07, 6.45) is 0.714. The monoisotopic (exact) mass is 408 g/mol. The number of amides is 2. The number of rotatable bonds is 7. The van der Waals surface area contributed by atoms with Crippen LogP contribution in [0, 0.1) is 0 Å². The van der Waals surface area contributed by atoms with Gasteiger partial charge in [-0.25, -0.2) is 4.98 Å². The number of nitrogens with one attached hydrogen (secondary N) is 2. The molecular formula is C17H20N4O4S2.